The Balaban J connectivity index is 1.17. The van der Waals surface area contributed by atoms with E-state index in [1.54, 1.807) is 13.8 Å². The molecule has 1 aliphatic heterocycles. The molecule has 344 valence electrons. The van der Waals surface area contributed by atoms with Crippen LogP contribution in [0.15, 0.2) is 121 Å². The third-order valence-electron chi connectivity index (χ3n) is 12.1. The molecule has 0 spiro atoms. The summed E-state index contributed by atoms with van der Waals surface area (Å²) < 4.78 is 31.3. The minimum atomic E-state index is -0.911. The van der Waals surface area contributed by atoms with Gasteiger partial charge in [0, 0.05) is 18.3 Å². The molecular weight excluding hydrogens is 809 g/mol. The Hall–Kier alpha value is -5.36. The van der Waals surface area contributed by atoms with Crippen LogP contribution in [-0.4, -0.2) is 59.7 Å². The first kappa shape index (κ1) is 49.7. The van der Waals surface area contributed by atoms with E-state index in [1.807, 2.05) is 97.1 Å². The molecule has 0 unspecified atom stereocenters. The van der Waals surface area contributed by atoms with Gasteiger partial charge in [0.2, 0.25) is 5.91 Å². The van der Waals surface area contributed by atoms with Crippen LogP contribution in [0.1, 0.15) is 108 Å². The zero-order valence-corrected chi connectivity index (χ0v) is 38.2. The van der Waals surface area contributed by atoms with Crippen LogP contribution in [0.25, 0.3) is 0 Å². The van der Waals surface area contributed by atoms with E-state index in [-0.39, 0.29) is 49.6 Å². The summed E-state index contributed by atoms with van der Waals surface area (Å²) in [7, 11) is 0. The van der Waals surface area contributed by atoms with Crippen LogP contribution in [0.5, 0.6) is 0 Å². The SMILES string of the molecule is CC[C@H]1O[C@@](C)(CCCCCC[C@H](NC(=O)OCc2ccccc2)C(=O)C[C@@H](C)C(=O)N[C@@H](C)C(=O)OCc2ccccc2)[C@H](OCc2ccccc2)[C@@H](OCc2ccccc2)[C@H]1C. The molecule has 11 nitrogen and oxygen atoms in total. The predicted molar refractivity (Wildman–Crippen MR) is 247 cm³/mol. The van der Waals surface area contributed by atoms with Crippen molar-refractivity contribution in [2.75, 3.05) is 0 Å². The van der Waals surface area contributed by atoms with Crippen LogP contribution in [0.4, 0.5) is 4.79 Å². The summed E-state index contributed by atoms with van der Waals surface area (Å²) >= 11 is 0. The molecule has 0 bridgehead atoms. The molecule has 8 atom stereocenters. The van der Waals surface area contributed by atoms with E-state index in [0.29, 0.717) is 26.1 Å². The lowest BCUT2D eigenvalue weighted by Gasteiger charge is -2.51. The van der Waals surface area contributed by atoms with Crippen molar-refractivity contribution in [1.82, 2.24) is 10.6 Å². The number of alkyl carbamates (subject to hydrolysis) is 1. The lowest BCUT2D eigenvalue weighted by molar-refractivity contribution is -0.273. The Morgan fingerprint density at radius 2 is 1.16 bits per heavy atom. The number of hydrogen-bond acceptors (Lipinski definition) is 9. The van der Waals surface area contributed by atoms with E-state index in [0.717, 1.165) is 54.4 Å². The van der Waals surface area contributed by atoms with Gasteiger partial charge in [-0.05, 0) is 55.4 Å². The second-order valence-electron chi connectivity index (χ2n) is 17.3. The van der Waals surface area contributed by atoms with Crippen molar-refractivity contribution < 1.29 is 42.9 Å². The standard InChI is InChI=1S/C53H68N2O9/c1-6-47-39(3)48(60-34-41-23-13-9-14-24-41)49(61-35-42-25-15-10-16-26-42)53(5,64-47)32-22-8-7-21-31-45(55-52(59)63-37-44-29-19-12-20-30-44)46(56)33-38(2)50(57)54-40(4)51(58)62-36-43-27-17-11-18-28-43/h9-20,23-30,38-40,45,47-49H,6-8,21-22,31-37H2,1-5H3,(H,54,57)(H,55,59)/t38-,39+,40+,45+,47-,48+,49-,53+/m1/s1. The molecule has 1 saturated heterocycles. The molecule has 5 rings (SSSR count). The van der Waals surface area contributed by atoms with E-state index in [2.05, 4.69) is 55.7 Å². The number of esters is 1. The fourth-order valence-electron chi connectivity index (χ4n) is 8.25. The van der Waals surface area contributed by atoms with Gasteiger partial charge in [-0.25, -0.2) is 9.59 Å². The van der Waals surface area contributed by atoms with Crippen LogP contribution < -0.4 is 10.6 Å². The van der Waals surface area contributed by atoms with Crippen molar-refractivity contribution in [3.63, 3.8) is 0 Å². The highest BCUT2D eigenvalue weighted by Crippen LogP contribution is 2.41. The smallest absolute Gasteiger partial charge is 0.408 e. The van der Waals surface area contributed by atoms with E-state index < -0.39 is 41.6 Å². The Bertz CT molecular complexity index is 2000. The summed E-state index contributed by atoms with van der Waals surface area (Å²) in [6, 6.07) is 37.2. The number of ketones is 1. The molecule has 1 fully saturated rings. The zero-order chi connectivity index (χ0) is 45.7. The summed E-state index contributed by atoms with van der Waals surface area (Å²) in [5, 5.41) is 5.46. The van der Waals surface area contributed by atoms with Gasteiger partial charge >= 0.3 is 12.1 Å². The van der Waals surface area contributed by atoms with Crippen LogP contribution in [-0.2, 0) is 64.5 Å². The molecule has 0 aliphatic carbocycles. The maximum absolute atomic E-state index is 13.8. The van der Waals surface area contributed by atoms with Crippen molar-refractivity contribution >= 4 is 23.8 Å². The first-order chi connectivity index (χ1) is 31.0. The summed E-state index contributed by atoms with van der Waals surface area (Å²) in [4.78, 5) is 52.6. The monoisotopic (exact) mass is 876 g/mol. The normalized spacial score (nSPS) is 20.9. The van der Waals surface area contributed by atoms with Gasteiger partial charge in [0.1, 0.15) is 25.4 Å². The fourth-order valence-corrected chi connectivity index (χ4v) is 8.25. The second-order valence-corrected chi connectivity index (χ2v) is 17.3. The molecule has 0 saturated carbocycles. The van der Waals surface area contributed by atoms with Gasteiger partial charge in [-0.3, -0.25) is 9.59 Å². The third kappa shape index (κ3) is 15.7. The fraction of sp³-hybridized carbons (Fsp3) is 0.472. The van der Waals surface area contributed by atoms with Crippen molar-refractivity contribution in [2.45, 2.75) is 148 Å². The molecule has 4 aromatic carbocycles. The molecule has 1 aliphatic rings. The Morgan fingerprint density at radius 3 is 1.70 bits per heavy atom. The molecule has 1 heterocycles. The van der Waals surface area contributed by atoms with E-state index in [4.69, 9.17) is 23.7 Å². The number of benzene rings is 4. The molecule has 0 aromatic heterocycles. The lowest BCUT2D eigenvalue weighted by atomic mass is 9.78. The minimum absolute atomic E-state index is 0.00276. The Morgan fingerprint density at radius 1 is 0.656 bits per heavy atom. The average Bonchev–Trinajstić information content (AvgIpc) is 3.31. The first-order valence-electron chi connectivity index (χ1n) is 23.0. The van der Waals surface area contributed by atoms with Crippen LogP contribution in [0, 0.1) is 11.8 Å². The van der Waals surface area contributed by atoms with Gasteiger partial charge in [-0.15, -0.1) is 0 Å². The topological polar surface area (TPSA) is 138 Å². The maximum Gasteiger partial charge on any atom is 0.408 e. The third-order valence-corrected chi connectivity index (χ3v) is 12.1. The number of amides is 2. The van der Waals surface area contributed by atoms with Crippen LogP contribution in [0.2, 0.25) is 0 Å². The van der Waals surface area contributed by atoms with Gasteiger partial charge in [-0.2, -0.15) is 0 Å². The number of carbonyl (C=O) groups excluding carboxylic acids is 4. The molecule has 2 N–H and O–H groups in total. The van der Waals surface area contributed by atoms with Crippen molar-refractivity contribution in [2.24, 2.45) is 11.8 Å². The van der Waals surface area contributed by atoms with Crippen LogP contribution >= 0.6 is 0 Å². The molecule has 11 heteroatoms. The van der Waals surface area contributed by atoms with Crippen molar-refractivity contribution in [3.05, 3.63) is 144 Å². The van der Waals surface area contributed by atoms with Crippen molar-refractivity contribution in [1.29, 1.82) is 0 Å². The predicted octanol–water partition coefficient (Wildman–Crippen LogP) is 9.84. The number of nitrogens with one attached hydrogen (secondary N) is 2. The highest BCUT2D eigenvalue weighted by Gasteiger charge is 2.51. The number of rotatable bonds is 25. The van der Waals surface area contributed by atoms with Crippen LogP contribution in [0.3, 0.4) is 0 Å². The number of carbonyl (C=O) groups is 4. The number of ether oxygens (including phenoxy) is 5. The first-order valence-corrected chi connectivity index (χ1v) is 23.0. The quantitative estimate of drug-likeness (QED) is 0.0492. The highest BCUT2D eigenvalue weighted by atomic mass is 16.6. The van der Waals surface area contributed by atoms with E-state index in [1.165, 1.54) is 0 Å². The Kier molecular flexibility index (Phi) is 20.0. The molecule has 0 radical (unpaired) electrons. The van der Waals surface area contributed by atoms with Gasteiger partial charge in [-0.1, -0.05) is 168 Å². The summed E-state index contributed by atoms with van der Waals surface area (Å²) in [5.74, 6) is -1.97. The second kappa shape index (κ2) is 25.8. The summed E-state index contributed by atoms with van der Waals surface area (Å²) in [6.07, 6.45) is 3.81. The highest BCUT2D eigenvalue weighted by molar-refractivity contribution is 5.92. The molecule has 64 heavy (non-hydrogen) atoms. The number of Topliss-reactive ketones (excluding diaryl/α,β-unsaturated/α-hetero) is 1. The van der Waals surface area contributed by atoms with Gasteiger partial charge in [0.25, 0.3) is 0 Å². The van der Waals surface area contributed by atoms with Crippen molar-refractivity contribution in [3.8, 4) is 0 Å². The molecule has 2 amide bonds. The van der Waals surface area contributed by atoms with Gasteiger partial charge < -0.3 is 34.3 Å². The Labute approximate surface area is 379 Å². The minimum Gasteiger partial charge on any atom is -0.459 e. The maximum atomic E-state index is 13.8. The van der Waals surface area contributed by atoms with E-state index in [9.17, 15) is 19.2 Å². The van der Waals surface area contributed by atoms with E-state index >= 15 is 0 Å². The number of unbranched alkanes of at least 4 members (excludes halogenated alkanes) is 3. The summed E-state index contributed by atoms with van der Waals surface area (Å²) in [5.41, 5.74) is 3.23. The average molecular weight is 877 g/mol. The van der Waals surface area contributed by atoms with Gasteiger partial charge in [0.05, 0.1) is 37.1 Å². The zero-order valence-electron chi connectivity index (χ0n) is 38.2. The summed E-state index contributed by atoms with van der Waals surface area (Å²) in [6.45, 7) is 10.7. The molecule has 4 aromatic rings. The lowest BCUT2D eigenvalue weighted by Crippen LogP contribution is -2.61. The largest absolute Gasteiger partial charge is 0.459 e. The molecular formula is C53H68N2O9. The number of hydrogen-bond donors (Lipinski definition) is 2. The van der Waals surface area contributed by atoms with Gasteiger partial charge in [0.15, 0.2) is 5.78 Å².